The van der Waals surface area contributed by atoms with Crippen LogP contribution in [0.4, 0.5) is 0 Å². The second-order valence-corrected chi connectivity index (χ2v) is 5.61. The van der Waals surface area contributed by atoms with Crippen molar-refractivity contribution in [1.82, 2.24) is 15.3 Å². The first-order valence-corrected chi connectivity index (χ1v) is 8.45. The first-order chi connectivity index (χ1) is 12.3. The summed E-state index contributed by atoms with van der Waals surface area (Å²) in [4.78, 5) is 21.4. The predicted molar refractivity (Wildman–Crippen MR) is 98.4 cm³/mol. The van der Waals surface area contributed by atoms with Gasteiger partial charge in [-0.25, -0.2) is 4.98 Å². The first-order valence-electron chi connectivity index (χ1n) is 8.45. The van der Waals surface area contributed by atoms with Crippen LogP contribution in [0.1, 0.15) is 23.7 Å². The van der Waals surface area contributed by atoms with E-state index >= 15 is 0 Å². The molecule has 0 aliphatic carbocycles. The van der Waals surface area contributed by atoms with Gasteiger partial charge < -0.3 is 10.1 Å². The van der Waals surface area contributed by atoms with Crippen LogP contribution in [0, 0.1) is 0 Å². The van der Waals surface area contributed by atoms with Crippen LogP contribution >= 0.6 is 0 Å². The number of amides is 1. The Morgan fingerprint density at radius 1 is 1.16 bits per heavy atom. The molecule has 5 nitrogen and oxygen atoms in total. The zero-order chi connectivity index (χ0) is 17.5. The molecule has 128 valence electrons. The molecule has 0 unspecified atom stereocenters. The lowest BCUT2D eigenvalue weighted by Crippen LogP contribution is -2.25. The zero-order valence-electron chi connectivity index (χ0n) is 14.2. The van der Waals surface area contributed by atoms with Gasteiger partial charge in [-0.15, -0.1) is 0 Å². The largest absolute Gasteiger partial charge is 0.382 e. The number of pyridine rings is 2. The number of benzene rings is 1. The summed E-state index contributed by atoms with van der Waals surface area (Å²) in [5.74, 6) is -0.0922. The third-order valence-electron chi connectivity index (χ3n) is 3.89. The molecule has 0 aliphatic rings. The Morgan fingerprint density at radius 2 is 1.96 bits per heavy atom. The average Bonchev–Trinajstić information content (AvgIpc) is 2.67. The Morgan fingerprint density at radius 3 is 2.76 bits per heavy atom. The maximum absolute atomic E-state index is 12.7. The van der Waals surface area contributed by atoms with Crippen molar-refractivity contribution in [3.63, 3.8) is 0 Å². The number of fused-ring (bicyclic) bond motifs is 1. The second-order valence-electron chi connectivity index (χ2n) is 5.61. The van der Waals surface area contributed by atoms with Gasteiger partial charge in [0.05, 0.1) is 16.8 Å². The van der Waals surface area contributed by atoms with Gasteiger partial charge in [-0.1, -0.05) is 18.2 Å². The Hall–Kier alpha value is -2.79. The minimum absolute atomic E-state index is 0.0922. The zero-order valence-corrected chi connectivity index (χ0v) is 14.2. The molecule has 1 N–H and O–H groups in total. The van der Waals surface area contributed by atoms with Gasteiger partial charge in [-0.3, -0.25) is 9.78 Å². The van der Waals surface area contributed by atoms with Crippen molar-refractivity contribution in [3.05, 3.63) is 60.4 Å². The van der Waals surface area contributed by atoms with E-state index in [9.17, 15) is 4.79 Å². The van der Waals surface area contributed by atoms with Crippen LogP contribution in [-0.2, 0) is 4.74 Å². The van der Waals surface area contributed by atoms with Crippen LogP contribution in [0.5, 0.6) is 0 Å². The molecule has 5 heteroatoms. The molecule has 25 heavy (non-hydrogen) atoms. The van der Waals surface area contributed by atoms with E-state index in [1.54, 1.807) is 12.4 Å². The summed E-state index contributed by atoms with van der Waals surface area (Å²) in [5, 5.41) is 3.82. The highest BCUT2D eigenvalue weighted by molar-refractivity contribution is 6.07. The molecule has 0 aliphatic heterocycles. The van der Waals surface area contributed by atoms with E-state index < -0.39 is 0 Å². The molecule has 1 amide bonds. The Labute approximate surface area is 147 Å². The van der Waals surface area contributed by atoms with Gasteiger partial charge in [0.1, 0.15) is 0 Å². The lowest BCUT2D eigenvalue weighted by molar-refractivity contribution is 0.0946. The molecular weight excluding hydrogens is 314 g/mol. The molecule has 0 saturated carbocycles. The van der Waals surface area contributed by atoms with Crippen molar-refractivity contribution < 1.29 is 9.53 Å². The molecule has 2 heterocycles. The molecule has 3 aromatic rings. The number of rotatable bonds is 7. The molecule has 0 bridgehead atoms. The van der Waals surface area contributed by atoms with Crippen molar-refractivity contribution in [3.8, 4) is 11.3 Å². The number of ether oxygens (including phenoxy) is 1. The number of nitrogens with one attached hydrogen (secondary N) is 1. The fourth-order valence-corrected chi connectivity index (χ4v) is 2.65. The third-order valence-corrected chi connectivity index (χ3v) is 3.89. The fourth-order valence-electron chi connectivity index (χ4n) is 2.65. The lowest BCUT2D eigenvalue weighted by atomic mass is 10.0. The molecular formula is C20H21N3O2. The molecule has 0 radical (unpaired) electrons. The normalized spacial score (nSPS) is 10.8. The monoisotopic (exact) mass is 335 g/mol. The first kappa shape index (κ1) is 17.0. The van der Waals surface area contributed by atoms with Gasteiger partial charge in [-0.2, -0.15) is 0 Å². The third kappa shape index (κ3) is 4.19. The lowest BCUT2D eigenvalue weighted by Gasteiger charge is -2.10. The van der Waals surface area contributed by atoms with Crippen LogP contribution in [0.3, 0.4) is 0 Å². The van der Waals surface area contributed by atoms with Crippen molar-refractivity contribution >= 4 is 16.8 Å². The topological polar surface area (TPSA) is 64.1 Å². The van der Waals surface area contributed by atoms with E-state index in [4.69, 9.17) is 4.74 Å². The minimum Gasteiger partial charge on any atom is -0.382 e. The summed E-state index contributed by atoms with van der Waals surface area (Å²) < 4.78 is 5.30. The van der Waals surface area contributed by atoms with E-state index in [0.29, 0.717) is 25.3 Å². The number of aromatic nitrogens is 2. The summed E-state index contributed by atoms with van der Waals surface area (Å²) >= 11 is 0. The highest BCUT2D eigenvalue weighted by Crippen LogP contribution is 2.24. The van der Waals surface area contributed by atoms with Gasteiger partial charge >= 0.3 is 0 Å². The second kappa shape index (κ2) is 8.35. The van der Waals surface area contributed by atoms with Crippen LogP contribution in [0.25, 0.3) is 22.2 Å². The molecule has 0 spiro atoms. The van der Waals surface area contributed by atoms with Crippen LogP contribution in [0.2, 0.25) is 0 Å². The quantitative estimate of drug-likeness (QED) is 0.672. The number of para-hydroxylation sites is 1. The summed E-state index contributed by atoms with van der Waals surface area (Å²) in [6.45, 7) is 3.89. The van der Waals surface area contributed by atoms with Crippen molar-refractivity contribution in [2.75, 3.05) is 19.8 Å². The van der Waals surface area contributed by atoms with Crippen molar-refractivity contribution in [2.45, 2.75) is 13.3 Å². The van der Waals surface area contributed by atoms with Gasteiger partial charge in [-0.05, 0) is 37.6 Å². The van der Waals surface area contributed by atoms with Crippen LogP contribution in [0.15, 0.2) is 54.9 Å². The summed E-state index contributed by atoms with van der Waals surface area (Å²) in [5.41, 5.74) is 3.14. The standard InChI is InChI=1S/C20H21N3O2/c1-2-25-13-5-10-22-20(24)17-14-19(15-8-11-21-12-9-15)23-18-7-4-3-6-16(17)18/h3-4,6-9,11-12,14H,2,5,10,13H2,1H3,(H,22,24). The molecule has 1 aromatic carbocycles. The molecule has 0 fully saturated rings. The maximum Gasteiger partial charge on any atom is 0.252 e. The number of nitrogens with zero attached hydrogens (tertiary/aromatic N) is 2. The van der Waals surface area contributed by atoms with Gasteiger partial charge in [0.15, 0.2) is 0 Å². The minimum atomic E-state index is -0.0922. The van der Waals surface area contributed by atoms with Gasteiger partial charge in [0.2, 0.25) is 0 Å². The highest BCUT2D eigenvalue weighted by Gasteiger charge is 2.13. The van der Waals surface area contributed by atoms with Gasteiger partial charge in [0.25, 0.3) is 5.91 Å². The van der Waals surface area contributed by atoms with Crippen LogP contribution < -0.4 is 5.32 Å². The number of carbonyl (C=O) groups is 1. The van der Waals surface area contributed by atoms with Gasteiger partial charge in [0, 0.05) is 43.1 Å². The van der Waals surface area contributed by atoms with E-state index in [1.807, 2.05) is 49.4 Å². The Kier molecular flexibility index (Phi) is 5.69. The van der Waals surface area contributed by atoms with Crippen molar-refractivity contribution in [1.29, 1.82) is 0 Å². The number of carbonyl (C=O) groups excluding carboxylic acids is 1. The summed E-state index contributed by atoms with van der Waals surface area (Å²) in [6.07, 6.45) is 4.24. The smallest absolute Gasteiger partial charge is 0.252 e. The average molecular weight is 335 g/mol. The van der Waals surface area contributed by atoms with E-state index in [0.717, 1.165) is 28.6 Å². The molecule has 0 saturated heterocycles. The number of hydrogen-bond acceptors (Lipinski definition) is 4. The highest BCUT2D eigenvalue weighted by atomic mass is 16.5. The van der Waals surface area contributed by atoms with Crippen molar-refractivity contribution in [2.24, 2.45) is 0 Å². The SMILES string of the molecule is CCOCCCNC(=O)c1cc(-c2ccncc2)nc2ccccc12. The predicted octanol–water partition coefficient (Wildman–Crippen LogP) is 3.45. The molecule has 3 rings (SSSR count). The molecule has 2 aromatic heterocycles. The van der Waals surface area contributed by atoms with E-state index in [-0.39, 0.29) is 5.91 Å². The number of hydrogen-bond donors (Lipinski definition) is 1. The molecule has 0 atom stereocenters. The summed E-state index contributed by atoms with van der Waals surface area (Å²) in [6, 6.07) is 13.3. The summed E-state index contributed by atoms with van der Waals surface area (Å²) in [7, 11) is 0. The Bertz CT molecular complexity index is 850. The van der Waals surface area contributed by atoms with E-state index in [1.165, 1.54) is 0 Å². The Balaban J connectivity index is 1.89. The van der Waals surface area contributed by atoms with E-state index in [2.05, 4.69) is 15.3 Å². The van der Waals surface area contributed by atoms with Crippen LogP contribution in [-0.4, -0.2) is 35.6 Å². The maximum atomic E-state index is 12.7. The fraction of sp³-hybridized carbons (Fsp3) is 0.250.